The van der Waals surface area contributed by atoms with Gasteiger partial charge in [0, 0.05) is 0 Å². The van der Waals surface area contributed by atoms with Gasteiger partial charge in [-0.15, -0.1) is 8.75 Å². The van der Waals surface area contributed by atoms with Gasteiger partial charge in [0.15, 0.2) is 0 Å². The van der Waals surface area contributed by atoms with Crippen molar-refractivity contribution in [3.63, 3.8) is 0 Å². The first-order valence-electron chi connectivity index (χ1n) is 7.86. The second kappa shape index (κ2) is 8.55. The minimum absolute atomic E-state index is 0.0594. The van der Waals surface area contributed by atoms with Gasteiger partial charge in [-0.1, -0.05) is 6.07 Å². The Hall–Kier alpha value is -2.68. The molecule has 1 aromatic carbocycles. The molecule has 1 atom stereocenters. The second-order valence-electron chi connectivity index (χ2n) is 5.88. The van der Waals surface area contributed by atoms with Crippen molar-refractivity contribution < 1.29 is 28.0 Å². The Morgan fingerprint density at radius 1 is 1.25 bits per heavy atom. The highest BCUT2D eigenvalue weighted by Gasteiger charge is 2.35. The van der Waals surface area contributed by atoms with E-state index in [1.165, 1.54) is 12.1 Å². The van der Waals surface area contributed by atoms with Gasteiger partial charge in [0.05, 0.1) is 11.8 Å². The van der Waals surface area contributed by atoms with Crippen molar-refractivity contribution in [2.75, 3.05) is 10.8 Å². The number of aromatic nitrogens is 2. The predicted molar refractivity (Wildman–Crippen MR) is 98.9 cm³/mol. The van der Waals surface area contributed by atoms with Gasteiger partial charge in [-0.2, -0.15) is 8.42 Å². The van der Waals surface area contributed by atoms with Crippen LogP contribution in [0.2, 0.25) is 0 Å². The summed E-state index contributed by atoms with van der Waals surface area (Å²) in [6, 6.07) is 4.55. The van der Waals surface area contributed by atoms with Gasteiger partial charge in [0.1, 0.15) is 23.4 Å². The number of benzene rings is 1. The Morgan fingerprint density at radius 3 is 2.25 bits per heavy atom. The molecule has 0 radical (unpaired) electrons. The molecule has 3 rings (SSSR count). The highest BCUT2D eigenvalue weighted by Crippen LogP contribution is 2.31. The van der Waals surface area contributed by atoms with E-state index < -0.39 is 44.5 Å². The number of rotatable bonds is 4. The first-order chi connectivity index (χ1) is 13.0. The third kappa shape index (κ3) is 5.41. The second-order valence-corrected chi connectivity index (χ2v) is 8.42. The Labute approximate surface area is 161 Å². The number of hydrogen-bond acceptors (Lipinski definition) is 8. The Balaban J connectivity index is 0.000000292. The number of aliphatic hydroxyl groups excluding tert-OH is 1. The van der Waals surface area contributed by atoms with Crippen molar-refractivity contribution >= 4 is 32.9 Å². The van der Waals surface area contributed by atoms with E-state index in [9.17, 15) is 37.6 Å². The number of carbonyl (C=O) groups excluding carboxylic acids is 1. The van der Waals surface area contributed by atoms with Crippen LogP contribution >= 0.6 is 11.1 Å². The number of aliphatic hydroxyl groups is 1. The summed E-state index contributed by atoms with van der Waals surface area (Å²) >= 11 is -1.68. The molecule has 5 N–H and O–H groups in total. The van der Waals surface area contributed by atoms with Crippen LogP contribution in [0.1, 0.15) is 18.9 Å². The average Bonchev–Trinajstić information content (AvgIpc) is 3.02. The molecule has 1 aliphatic rings. The number of phenols is 1. The summed E-state index contributed by atoms with van der Waals surface area (Å²) in [6.45, 7) is 1.32. The quantitative estimate of drug-likeness (QED) is 0.288. The molecule has 12 nitrogen and oxygen atoms in total. The molecule has 0 spiro atoms. The van der Waals surface area contributed by atoms with Crippen LogP contribution in [0.5, 0.6) is 5.75 Å². The van der Waals surface area contributed by atoms with Crippen molar-refractivity contribution in [3.05, 3.63) is 44.5 Å². The molecular weight excluding hydrogens is 416 g/mol. The van der Waals surface area contributed by atoms with E-state index in [1.807, 2.05) is 13.5 Å². The minimum Gasteiger partial charge on any atom is -0.549 e. The summed E-state index contributed by atoms with van der Waals surface area (Å²) in [5.41, 5.74) is -0.848. The van der Waals surface area contributed by atoms with Gasteiger partial charge in [0.2, 0.25) is 0 Å². The molecule has 0 bridgehead atoms. The monoisotopic (exact) mass is 434 g/mol. The van der Waals surface area contributed by atoms with Crippen molar-refractivity contribution in [1.29, 1.82) is 0 Å². The standard InChI is InChI=1S/C12H16N2O5S.C2H2N2O3S/c1-8(15)2-3-9-4-5-10(11(16)6-9)14-7-12(17)13-20(14,18)19;5-1-2(6)4-8(7)3-1/h4-6,8,15-16H,2-3,7H2,1H3,(H,13,17);(H,3,5)(H,4,6). The molecule has 14 heteroatoms. The Kier molecular flexibility index (Phi) is 6.60. The summed E-state index contributed by atoms with van der Waals surface area (Å²) in [5, 5.41) is 19.1. The lowest BCUT2D eigenvalue weighted by molar-refractivity contribution is -0.117. The molecule has 154 valence electrons. The molecule has 1 aromatic heterocycles. The summed E-state index contributed by atoms with van der Waals surface area (Å²) in [5.74, 6) is -0.851. The molecular formula is C14H18N4O8S2. The molecule has 2 heterocycles. The largest absolute Gasteiger partial charge is 0.549 e. The fourth-order valence-corrected chi connectivity index (χ4v) is 4.00. The summed E-state index contributed by atoms with van der Waals surface area (Å²) in [6.07, 6.45) is 0.661. The summed E-state index contributed by atoms with van der Waals surface area (Å²) in [7, 11) is -3.92. The average molecular weight is 434 g/mol. The number of hydrogen-bond donors (Lipinski definition) is 5. The van der Waals surface area contributed by atoms with Crippen LogP contribution < -0.4 is 20.1 Å². The number of phenolic OH excluding ortho intramolecular Hbond substituents is 1. The Bertz CT molecular complexity index is 1040. The highest BCUT2D eigenvalue weighted by atomic mass is 32.2. The molecule has 2 aromatic rings. The van der Waals surface area contributed by atoms with Crippen LogP contribution in [0.4, 0.5) is 5.69 Å². The number of aromatic hydroxyl groups is 1. The molecule has 1 saturated heterocycles. The number of aryl methyl sites for hydroxylation is 1. The van der Waals surface area contributed by atoms with E-state index in [-0.39, 0.29) is 18.0 Å². The van der Waals surface area contributed by atoms with Crippen LogP contribution in [0.15, 0.2) is 27.8 Å². The van der Waals surface area contributed by atoms with E-state index in [0.717, 1.165) is 9.87 Å². The van der Waals surface area contributed by atoms with Gasteiger partial charge < -0.3 is 14.8 Å². The smallest absolute Gasteiger partial charge is 0.359 e. The Morgan fingerprint density at radius 2 is 1.86 bits per heavy atom. The van der Waals surface area contributed by atoms with Crippen LogP contribution in [0, 0.1) is 0 Å². The van der Waals surface area contributed by atoms with E-state index in [0.29, 0.717) is 12.8 Å². The topological polar surface area (TPSA) is 196 Å². The fraction of sp³-hybridized carbons (Fsp3) is 0.357. The SMILES string of the molecule is CC(O)CCc1ccc(N2CC(=O)NS2(=O)=O)c(O)c1.O=c1[nH][s+]([O-])[nH]c1=O. The number of anilines is 1. The van der Waals surface area contributed by atoms with Crippen LogP contribution in [-0.2, 0) is 21.4 Å². The third-order valence-electron chi connectivity index (χ3n) is 3.56. The number of amides is 1. The minimum atomic E-state index is -3.92. The first-order valence-corrected chi connectivity index (χ1v) is 10.4. The number of nitrogens with one attached hydrogen (secondary N) is 3. The van der Waals surface area contributed by atoms with Crippen molar-refractivity contribution in [2.45, 2.75) is 25.9 Å². The van der Waals surface area contributed by atoms with Crippen LogP contribution in [-0.4, -0.2) is 50.5 Å². The number of carbonyl (C=O) groups is 1. The van der Waals surface area contributed by atoms with Crippen molar-refractivity contribution in [2.24, 2.45) is 0 Å². The van der Waals surface area contributed by atoms with Crippen molar-refractivity contribution in [1.82, 2.24) is 13.5 Å². The van der Waals surface area contributed by atoms with Gasteiger partial charge >= 0.3 is 21.3 Å². The molecule has 1 fully saturated rings. The van der Waals surface area contributed by atoms with Crippen LogP contribution in [0.3, 0.4) is 0 Å². The maximum absolute atomic E-state index is 11.7. The van der Waals surface area contributed by atoms with Crippen molar-refractivity contribution in [3.8, 4) is 5.75 Å². The maximum atomic E-state index is 11.7. The number of H-pyrrole nitrogens is 2. The lowest BCUT2D eigenvalue weighted by Crippen LogP contribution is -2.29. The summed E-state index contributed by atoms with van der Waals surface area (Å²) < 4.78 is 39.8. The van der Waals surface area contributed by atoms with E-state index >= 15 is 0 Å². The van der Waals surface area contributed by atoms with Gasteiger partial charge in [-0.3, -0.25) is 14.4 Å². The lowest BCUT2D eigenvalue weighted by Gasteiger charge is -2.16. The zero-order valence-corrected chi connectivity index (χ0v) is 16.2. The van der Waals surface area contributed by atoms with Crippen LogP contribution in [0.25, 0.3) is 0 Å². The summed E-state index contributed by atoms with van der Waals surface area (Å²) in [4.78, 5) is 31.3. The molecule has 1 unspecified atom stereocenters. The van der Waals surface area contributed by atoms with Gasteiger partial charge in [-0.25, -0.2) is 9.03 Å². The first kappa shape index (κ1) is 21.6. The molecule has 0 aliphatic carbocycles. The molecule has 1 aliphatic heterocycles. The maximum Gasteiger partial charge on any atom is 0.359 e. The highest BCUT2D eigenvalue weighted by molar-refractivity contribution is 7.92. The molecule has 28 heavy (non-hydrogen) atoms. The van der Waals surface area contributed by atoms with E-state index in [1.54, 1.807) is 13.0 Å². The third-order valence-corrected chi connectivity index (χ3v) is 5.69. The van der Waals surface area contributed by atoms with E-state index in [4.69, 9.17) is 0 Å². The molecule has 0 saturated carbocycles. The predicted octanol–water partition coefficient (Wildman–Crippen LogP) is -1.32. The molecule has 1 amide bonds. The van der Waals surface area contributed by atoms with Gasteiger partial charge in [0.25, 0.3) is 5.91 Å². The van der Waals surface area contributed by atoms with Gasteiger partial charge in [-0.05, 0) is 37.5 Å². The normalized spacial score (nSPS) is 16.2. The number of aromatic amines is 2. The zero-order valence-electron chi connectivity index (χ0n) is 14.5. The zero-order chi connectivity index (χ0) is 21.1. The number of nitrogens with zero attached hydrogens (tertiary/aromatic N) is 1. The fourth-order valence-electron chi connectivity index (χ4n) is 2.26. The lowest BCUT2D eigenvalue weighted by atomic mass is 10.1. The van der Waals surface area contributed by atoms with E-state index in [2.05, 4.69) is 0 Å².